The van der Waals surface area contributed by atoms with Crippen molar-refractivity contribution in [3.63, 3.8) is 0 Å². The summed E-state index contributed by atoms with van der Waals surface area (Å²) in [4.78, 5) is 0. The van der Waals surface area contributed by atoms with Gasteiger partial charge in [0.2, 0.25) is 0 Å². The standard InChI is InChI=1S/C6H6O2S.Li.H/c7-9-8-6-4-2-1-3-5-6;;/h1-5,9H;;. The molecule has 0 heterocycles. The Bertz CT molecular complexity index is 190. The Morgan fingerprint density at radius 1 is 1.20 bits per heavy atom. The fraction of sp³-hybridized carbons (Fsp3) is 0. The number of hydrogen-bond donors (Lipinski definition) is 1. The van der Waals surface area contributed by atoms with Crippen LogP contribution >= 0.6 is 0 Å². The van der Waals surface area contributed by atoms with Crippen LogP contribution in [0.1, 0.15) is 0 Å². The Hall–Kier alpha value is -0.233. The quantitative estimate of drug-likeness (QED) is 0.484. The minimum atomic E-state index is -0.305. The van der Waals surface area contributed by atoms with Gasteiger partial charge < -0.3 is 4.18 Å². The molecule has 0 spiro atoms. The molecule has 4 heteroatoms. The van der Waals surface area contributed by atoms with Crippen molar-refractivity contribution in [1.29, 1.82) is 0 Å². The molecule has 0 aliphatic heterocycles. The summed E-state index contributed by atoms with van der Waals surface area (Å²) >= 11 is -0.305. The molecule has 0 saturated carbocycles. The van der Waals surface area contributed by atoms with E-state index in [1.807, 2.05) is 18.2 Å². The molecule has 10 heavy (non-hydrogen) atoms. The van der Waals surface area contributed by atoms with Crippen LogP contribution in [-0.2, 0) is 11.9 Å². The topological polar surface area (TPSA) is 26.3 Å². The predicted octanol–water partition coefficient (Wildman–Crippen LogP) is 0.277. The molecule has 0 aliphatic rings. The first-order valence-corrected chi connectivity index (χ1v) is 3.21. The summed E-state index contributed by atoms with van der Waals surface area (Å²) in [6.07, 6.45) is 0. The first kappa shape index (κ1) is 9.77. The van der Waals surface area contributed by atoms with Crippen molar-refractivity contribution in [3.8, 4) is 5.75 Å². The van der Waals surface area contributed by atoms with Gasteiger partial charge in [-0.2, -0.15) is 0 Å². The van der Waals surface area contributed by atoms with Crippen LogP contribution in [0.5, 0.6) is 5.75 Å². The van der Waals surface area contributed by atoms with Crippen LogP contribution < -0.4 is 4.18 Å². The first-order chi connectivity index (χ1) is 4.43. The monoisotopic (exact) mass is 150 g/mol. The second kappa shape index (κ2) is 5.54. The number of rotatable bonds is 2. The second-order valence-corrected chi connectivity index (χ2v) is 1.81. The van der Waals surface area contributed by atoms with E-state index in [1.165, 1.54) is 0 Å². The summed E-state index contributed by atoms with van der Waals surface area (Å²) in [5, 5.41) is 0. The van der Waals surface area contributed by atoms with Gasteiger partial charge in [0.05, 0.1) is 0 Å². The first-order valence-electron chi connectivity index (χ1n) is 2.48. The van der Waals surface area contributed by atoms with Crippen LogP contribution in [0.3, 0.4) is 0 Å². The Labute approximate surface area is 75.5 Å². The van der Waals surface area contributed by atoms with Gasteiger partial charge in [-0.1, -0.05) is 18.2 Å². The van der Waals surface area contributed by atoms with Crippen LogP contribution in [-0.4, -0.2) is 23.1 Å². The van der Waals surface area contributed by atoms with E-state index in [2.05, 4.69) is 4.18 Å². The molecule has 0 aliphatic carbocycles. The van der Waals surface area contributed by atoms with Gasteiger partial charge in [-0.3, -0.25) is 0 Å². The van der Waals surface area contributed by atoms with Gasteiger partial charge in [0, 0.05) is 0 Å². The molecule has 1 aromatic rings. The van der Waals surface area contributed by atoms with E-state index >= 15 is 0 Å². The fourth-order valence-corrected chi connectivity index (χ4v) is 0.732. The van der Waals surface area contributed by atoms with Crippen molar-refractivity contribution >= 4 is 30.8 Å². The Morgan fingerprint density at radius 2 is 1.80 bits per heavy atom. The third-order valence-electron chi connectivity index (χ3n) is 0.886. The van der Waals surface area contributed by atoms with Gasteiger partial charge in [-0.05, 0) is 12.1 Å². The summed E-state index contributed by atoms with van der Waals surface area (Å²) in [5.74, 6) is 0.620. The van der Waals surface area contributed by atoms with E-state index in [1.54, 1.807) is 12.1 Å². The number of para-hydroxylation sites is 1. The van der Waals surface area contributed by atoms with Crippen molar-refractivity contribution in [3.05, 3.63) is 30.3 Å². The van der Waals surface area contributed by atoms with Crippen molar-refractivity contribution in [2.75, 3.05) is 0 Å². The molecule has 50 valence electrons. The molecular weight excluding hydrogens is 143 g/mol. The van der Waals surface area contributed by atoms with E-state index in [9.17, 15) is 4.21 Å². The van der Waals surface area contributed by atoms with Crippen molar-refractivity contribution < 1.29 is 8.39 Å². The van der Waals surface area contributed by atoms with Crippen molar-refractivity contribution in [1.82, 2.24) is 0 Å². The molecule has 1 aromatic carbocycles. The number of hydrogen-bond acceptors (Lipinski definition) is 2. The molecular formula is C6H7LiO2S. The SMILES string of the molecule is O=[SH]Oc1ccccc1.[LiH]. The predicted molar refractivity (Wildman–Crippen MR) is 43.8 cm³/mol. The van der Waals surface area contributed by atoms with E-state index in [0.717, 1.165) is 0 Å². The molecule has 1 rings (SSSR count). The third kappa shape index (κ3) is 3.07. The average molecular weight is 150 g/mol. The molecule has 2 nitrogen and oxygen atoms in total. The molecule has 0 aromatic heterocycles. The molecule has 0 saturated heterocycles. The van der Waals surface area contributed by atoms with Crippen LogP contribution in [0.25, 0.3) is 0 Å². The second-order valence-electron chi connectivity index (χ2n) is 1.48. The molecule has 0 N–H and O–H groups in total. The zero-order chi connectivity index (χ0) is 6.53. The zero-order valence-electron chi connectivity index (χ0n) is 4.65. The summed E-state index contributed by atoms with van der Waals surface area (Å²) in [6, 6.07) is 8.99. The van der Waals surface area contributed by atoms with E-state index in [0.29, 0.717) is 5.75 Å². The van der Waals surface area contributed by atoms with Crippen LogP contribution in [0.2, 0.25) is 0 Å². The Kier molecular flexibility index (Phi) is 5.42. The van der Waals surface area contributed by atoms with Gasteiger partial charge in [0.1, 0.15) is 5.75 Å². The summed E-state index contributed by atoms with van der Waals surface area (Å²) in [5.41, 5.74) is 0. The van der Waals surface area contributed by atoms with Gasteiger partial charge in [-0.25, -0.2) is 4.21 Å². The summed E-state index contributed by atoms with van der Waals surface area (Å²) < 4.78 is 14.5. The number of benzene rings is 1. The Morgan fingerprint density at radius 3 is 2.30 bits per heavy atom. The van der Waals surface area contributed by atoms with Gasteiger partial charge in [-0.15, -0.1) is 0 Å². The molecule has 0 amide bonds. The van der Waals surface area contributed by atoms with E-state index < -0.39 is 0 Å². The maximum atomic E-state index is 9.85. The molecule has 0 unspecified atom stereocenters. The average Bonchev–Trinajstić information content (AvgIpc) is 1.91. The minimum absolute atomic E-state index is 0. The number of thiol groups is 1. The molecule has 0 radical (unpaired) electrons. The van der Waals surface area contributed by atoms with Crippen LogP contribution in [0.15, 0.2) is 30.3 Å². The van der Waals surface area contributed by atoms with E-state index in [-0.39, 0.29) is 30.8 Å². The third-order valence-corrected chi connectivity index (χ3v) is 1.17. The van der Waals surface area contributed by atoms with Crippen LogP contribution in [0, 0.1) is 0 Å². The fourth-order valence-electron chi connectivity index (χ4n) is 0.524. The zero-order valence-corrected chi connectivity index (χ0v) is 5.54. The normalized spacial score (nSPS) is 8.00. The molecule has 0 fully saturated rings. The van der Waals surface area contributed by atoms with E-state index in [4.69, 9.17) is 0 Å². The molecule has 0 atom stereocenters. The van der Waals surface area contributed by atoms with Gasteiger partial charge in [0.25, 0.3) is 0 Å². The van der Waals surface area contributed by atoms with Crippen LogP contribution in [0.4, 0.5) is 0 Å². The molecule has 0 bridgehead atoms. The van der Waals surface area contributed by atoms with Crippen molar-refractivity contribution in [2.45, 2.75) is 0 Å². The summed E-state index contributed by atoms with van der Waals surface area (Å²) in [7, 11) is 0. The van der Waals surface area contributed by atoms with Gasteiger partial charge in [0.15, 0.2) is 11.9 Å². The Balaban J connectivity index is 0.000000810. The van der Waals surface area contributed by atoms with Gasteiger partial charge >= 0.3 is 18.9 Å². The van der Waals surface area contributed by atoms with Crippen molar-refractivity contribution in [2.24, 2.45) is 0 Å². The summed E-state index contributed by atoms with van der Waals surface area (Å²) in [6.45, 7) is 0. The maximum absolute atomic E-state index is 9.85.